The molecule has 110 valence electrons. The first-order valence-electron chi connectivity index (χ1n) is 6.50. The molecule has 3 N–H and O–H groups in total. The number of anilines is 2. The number of nitrogens with two attached hydrogens (primary N) is 1. The highest BCUT2D eigenvalue weighted by molar-refractivity contribution is 8.00. The number of halogens is 1. The summed E-state index contributed by atoms with van der Waals surface area (Å²) in [6.07, 6.45) is 0. The maximum absolute atomic E-state index is 13.4. The largest absolute Gasteiger partial charge is 0.399 e. The molecule has 0 aliphatic rings. The Balaban J connectivity index is 1.95. The summed E-state index contributed by atoms with van der Waals surface area (Å²) in [5.74, 6) is -0.253. The minimum atomic E-state index is -0.327. The standard InChI is InChI=1S/C16H17FN2OS/c1-10-4-6-13(8-14(10)17)19-16(20)9-21-15-7-12(18)5-3-11(15)2/h3-8H,9,18H2,1-2H3,(H,19,20). The predicted molar refractivity (Wildman–Crippen MR) is 86.1 cm³/mol. The second-order valence-electron chi connectivity index (χ2n) is 4.83. The fourth-order valence-electron chi connectivity index (χ4n) is 1.78. The Hall–Kier alpha value is -2.01. The summed E-state index contributed by atoms with van der Waals surface area (Å²) in [4.78, 5) is 12.9. The molecule has 0 aliphatic heterocycles. The van der Waals surface area contributed by atoms with E-state index >= 15 is 0 Å². The van der Waals surface area contributed by atoms with Crippen molar-refractivity contribution >= 4 is 29.0 Å². The van der Waals surface area contributed by atoms with Gasteiger partial charge in [-0.15, -0.1) is 11.8 Å². The number of carbonyl (C=O) groups excluding carboxylic acids is 1. The molecule has 0 aromatic heterocycles. The summed E-state index contributed by atoms with van der Waals surface area (Å²) in [5.41, 5.74) is 8.49. The van der Waals surface area contributed by atoms with E-state index in [-0.39, 0.29) is 17.5 Å². The lowest BCUT2D eigenvalue weighted by atomic mass is 10.2. The number of carbonyl (C=O) groups is 1. The van der Waals surface area contributed by atoms with Crippen LogP contribution >= 0.6 is 11.8 Å². The van der Waals surface area contributed by atoms with Crippen molar-refractivity contribution in [3.8, 4) is 0 Å². The van der Waals surface area contributed by atoms with Gasteiger partial charge in [0.15, 0.2) is 0 Å². The molecule has 0 heterocycles. The van der Waals surface area contributed by atoms with E-state index in [1.165, 1.54) is 17.8 Å². The van der Waals surface area contributed by atoms with Gasteiger partial charge in [-0.05, 0) is 49.2 Å². The fraction of sp³-hybridized carbons (Fsp3) is 0.188. The smallest absolute Gasteiger partial charge is 0.234 e. The van der Waals surface area contributed by atoms with Crippen molar-refractivity contribution in [3.63, 3.8) is 0 Å². The van der Waals surface area contributed by atoms with Crippen LogP contribution in [-0.4, -0.2) is 11.7 Å². The second-order valence-corrected chi connectivity index (χ2v) is 5.84. The zero-order valence-electron chi connectivity index (χ0n) is 11.9. The van der Waals surface area contributed by atoms with Crippen LogP contribution < -0.4 is 11.1 Å². The average molecular weight is 304 g/mol. The number of hydrogen-bond donors (Lipinski definition) is 2. The second kappa shape index (κ2) is 6.63. The van der Waals surface area contributed by atoms with Crippen molar-refractivity contribution in [2.24, 2.45) is 0 Å². The summed E-state index contributed by atoms with van der Waals surface area (Å²) in [6.45, 7) is 3.65. The molecule has 3 nitrogen and oxygen atoms in total. The van der Waals surface area contributed by atoms with E-state index in [0.29, 0.717) is 16.9 Å². The van der Waals surface area contributed by atoms with Gasteiger partial charge in [0.25, 0.3) is 0 Å². The maximum atomic E-state index is 13.4. The van der Waals surface area contributed by atoms with Crippen LogP contribution in [0.1, 0.15) is 11.1 Å². The number of thioether (sulfide) groups is 1. The van der Waals surface area contributed by atoms with E-state index < -0.39 is 0 Å². The van der Waals surface area contributed by atoms with E-state index in [1.807, 2.05) is 25.1 Å². The Kier molecular flexibility index (Phi) is 4.85. The predicted octanol–water partition coefficient (Wildman–Crippen LogP) is 3.76. The van der Waals surface area contributed by atoms with E-state index in [4.69, 9.17) is 5.73 Å². The first-order valence-corrected chi connectivity index (χ1v) is 7.49. The molecule has 0 bridgehead atoms. The van der Waals surface area contributed by atoms with Crippen LogP contribution in [-0.2, 0) is 4.79 Å². The van der Waals surface area contributed by atoms with Crippen molar-refractivity contribution in [2.75, 3.05) is 16.8 Å². The minimum Gasteiger partial charge on any atom is -0.399 e. The Labute approximate surface area is 127 Å². The molecule has 2 aromatic carbocycles. The summed E-state index contributed by atoms with van der Waals surface area (Å²) in [7, 11) is 0. The van der Waals surface area contributed by atoms with Gasteiger partial charge in [-0.25, -0.2) is 4.39 Å². The van der Waals surface area contributed by atoms with Gasteiger partial charge in [0.2, 0.25) is 5.91 Å². The van der Waals surface area contributed by atoms with Gasteiger partial charge < -0.3 is 11.1 Å². The van der Waals surface area contributed by atoms with Gasteiger partial charge in [-0.3, -0.25) is 4.79 Å². The molecule has 0 spiro atoms. The van der Waals surface area contributed by atoms with Crippen molar-refractivity contribution < 1.29 is 9.18 Å². The van der Waals surface area contributed by atoms with E-state index in [0.717, 1.165) is 10.5 Å². The average Bonchev–Trinajstić information content (AvgIpc) is 2.44. The number of aryl methyl sites for hydroxylation is 2. The van der Waals surface area contributed by atoms with Crippen LogP contribution in [0.15, 0.2) is 41.3 Å². The molecule has 2 aromatic rings. The first kappa shape index (κ1) is 15.4. The number of amides is 1. The Morgan fingerprint density at radius 2 is 1.90 bits per heavy atom. The van der Waals surface area contributed by atoms with Gasteiger partial charge in [0, 0.05) is 16.3 Å². The Morgan fingerprint density at radius 3 is 2.62 bits per heavy atom. The molecule has 0 saturated heterocycles. The van der Waals surface area contributed by atoms with Gasteiger partial charge >= 0.3 is 0 Å². The summed E-state index contributed by atoms with van der Waals surface area (Å²) < 4.78 is 13.4. The maximum Gasteiger partial charge on any atom is 0.234 e. The molecule has 0 radical (unpaired) electrons. The topological polar surface area (TPSA) is 55.1 Å². The van der Waals surface area contributed by atoms with Crippen LogP contribution in [0.2, 0.25) is 0 Å². The molecule has 0 fully saturated rings. The van der Waals surface area contributed by atoms with Crippen LogP contribution in [0.3, 0.4) is 0 Å². The quantitative estimate of drug-likeness (QED) is 0.668. The molecule has 0 aliphatic carbocycles. The first-order chi connectivity index (χ1) is 9.95. The third-order valence-corrected chi connectivity index (χ3v) is 4.18. The van der Waals surface area contributed by atoms with E-state index in [2.05, 4.69) is 5.32 Å². The highest BCUT2D eigenvalue weighted by atomic mass is 32.2. The summed E-state index contributed by atoms with van der Waals surface area (Å²) in [5, 5.41) is 2.68. The number of nitrogens with one attached hydrogen (secondary N) is 1. The molecule has 0 atom stereocenters. The van der Waals surface area contributed by atoms with Gasteiger partial charge in [-0.1, -0.05) is 12.1 Å². The van der Waals surface area contributed by atoms with Gasteiger partial charge in [0.1, 0.15) is 5.82 Å². The molecule has 5 heteroatoms. The molecule has 0 saturated carbocycles. The van der Waals surface area contributed by atoms with Crippen LogP contribution in [0, 0.1) is 19.7 Å². The lowest BCUT2D eigenvalue weighted by Gasteiger charge is -2.08. The van der Waals surface area contributed by atoms with Crippen molar-refractivity contribution in [1.29, 1.82) is 0 Å². The van der Waals surface area contributed by atoms with Crippen LogP contribution in [0.5, 0.6) is 0 Å². The molecule has 1 amide bonds. The van der Waals surface area contributed by atoms with Gasteiger partial charge in [-0.2, -0.15) is 0 Å². The molecular weight excluding hydrogens is 287 g/mol. The third kappa shape index (κ3) is 4.23. The Bertz CT molecular complexity index is 673. The monoisotopic (exact) mass is 304 g/mol. The molecule has 21 heavy (non-hydrogen) atoms. The van der Waals surface area contributed by atoms with Crippen molar-refractivity contribution in [1.82, 2.24) is 0 Å². The molecule has 2 rings (SSSR count). The normalized spacial score (nSPS) is 10.4. The van der Waals surface area contributed by atoms with E-state index in [1.54, 1.807) is 19.1 Å². The highest BCUT2D eigenvalue weighted by Crippen LogP contribution is 2.24. The van der Waals surface area contributed by atoms with E-state index in [9.17, 15) is 9.18 Å². The minimum absolute atomic E-state index is 0.176. The number of rotatable bonds is 4. The fourth-order valence-corrected chi connectivity index (χ4v) is 2.66. The lowest BCUT2D eigenvalue weighted by molar-refractivity contribution is -0.113. The number of nitrogen functional groups attached to an aromatic ring is 1. The Morgan fingerprint density at radius 1 is 1.19 bits per heavy atom. The SMILES string of the molecule is Cc1ccc(NC(=O)CSc2cc(N)ccc2C)cc1F. The lowest BCUT2D eigenvalue weighted by Crippen LogP contribution is -2.14. The molecular formula is C16H17FN2OS. The highest BCUT2D eigenvalue weighted by Gasteiger charge is 2.07. The van der Waals surface area contributed by atoms with Crippen molar-refractivity contribution in [3.05, 3.63) is 53.3 Å². The number of benzene rings is 2. The molecule has 0 unspecified atom stereocenters. The zero-order valence-corrected chi connectivity index (χ0v) is 12.8. The van der Waals surface area contributed by atoms with Crippen LogP contribution in [0.4, 0.5) is 15.8 Å². The number of hydrogen-bond acceptors (Lipinski definition) is 3. The summed E-state index contributed by atoms with van der Waals surface area (Å²) >= 11 is 1.41. The van der Waals surface area contributed by atoms with Gasteiger partial charge in [0.05, 0.1) is 5.75 Å². The zero-order chi connectivity index (χ0) is 15.4. The van der Waals surface area contributed by atoms with Crippen LogP contribution in [0.25, 0.3) is 0 Å². The van der Waals surface area contributed by atoms with Crippen molar-refractivity contribution in [2.45, 2.75) is 18.7 Å². The third-order valence-electron chi connectivity index (χ3n) is 3.03. The summed E-state index contributed by atoms with van der Waals surface area (Å²) in [6, 6.07) is 10.2.